The summed E-state index contributed by atoms with van der Waals surface area (Å²) in [5.41, 5.74) is 1.94. The number of likely N-dealkylation sites (tertiary alicyclic amines) is 1. The van der Waals surface area contributed by atoms with Gasteiger partial charge in [-0.1, -0.05) is 0 Å². The van der Waals surface area contributed by atoms with Gasteiger partial charge in [-0.3, -0.25) is 4.79 Å². The number of nitrogens with one attached hydrogen (secondary N) is 1. The number of aromatic amines is 1. The Kier molecular flexibility index (Phi) is 2.96. The lowest BCUT2D eigenvalue weighted by Gasteiger charge is -2.16. The fourth-order valence-electron chi connectivity index (χ4n) is 2.40. The molecule has 1 saturated heterocycles. The fraction of sp³-hybridized carbons (Fsp3) is 0.385. The molecular formula is C13H14ClN3O. The lowest BCUT2D eigenvalue weighted by Crippen LogP contribution is -2.24. The van der Waals surface area contributed by atoms with Gasteiger partial charge in [0.05, 0.1) is 0 Å². The third-order valence-electron chi connectivity index (χ3n) is 3.34. The van der Waals surface area contributed by atoms with Crippen molar-refractivity contribution in [3.8, 4) is 0 Å². The van der Waals surface area contributed by atoms with E-state index >= 15 is 0 Å². The van der Waals surface area contributed by atoms with Crippen LogP contribution in [0.5, 0.6) is 0 Å². The lowest BCUT2D eigenvalue weighted by molar-refractivity contribution is -0.128. The van der Waals surface area contributed by atoms with Crippen molar-refractivity contribution in [3.05, 3.63) is 30.1 Å². The molecule has 1 N–H and O–H groups in total. The highest BCUT2D eigenvalue weighted by atomic mass is 35.5. The Morgan fingerprint density at radius 2 is 2.44 bits per heavy atom. The van der Waals surface area contributed by atoms with Crippen LogP contribution in [0.2, 0.25) is 0 Å². The summed E-state index contributed by atoms with van der Waals surface area (Å²) in [5, 5.41) is 1.08. The van der Waals surface area contributed by atoms with E-state index in [4.69, 9.17) is 11.6 Å². The van der Waals surface area contributed by atoms with E-state index in [2.05, 4.69) is 16.0 Å². The number of hydrogen-bond acceptors (Lipinski definition) is 2. The lowest BCUT2D eigenvalue weighted by atomic mass is 10.1. The van der Waals surface area contributed by atoms with Crippen molar-refractivity contribution in [3.63, 3.8) is 0 Å². The molecule has 5 heteroatoms. The highest BCUT2D eigenvalue weighted by Gasteiger charge is 2.28. The highest BCUT2D eigenvalue weighted by Crippen LogP contribution is 2.21. The Morgan fingerprint density at radius 3 is 3.22 bits per heavy atom. The topological polar surface area (TPSA) is 49.0 Å². The predicted molar refractivity (Wildman–Crippen MR) is 70.3 cm³/mol. The summed E-state index contributed by atoms with van der Waals surface area (Å²) in [7, 11) is 0. The number of aromatic nitrogens is 2. The van der Waals surface area contributed by atoms with Crippen molar-refractivity contribution >= 4 is 28.5 Å². The molecule has 0 bridgehead atoms. The van der Waals surface area contributed by atoms with Gasteiger partial charge in [0.1, 0.15) is 5.65 Å². The van der Waals surface area contributed by atoms with Gasteiger partial charge in [0.25, 0.3) is 0 Å². The molecule has 18 heavy (non-hydrogen) atoms. The zero-order chi connectivity index (χ0) is 12.5. The summed E-state index contributed by atoms with van der Waals surface area (Å²) in [6.45, 7) is 1.38. The molecule has 0 radical (unpaired) electrons. The number of fused-ring (bicyclic) bond motifs is 1. The number of carbonyl (C=O) groups excluding carboxylic acids is 1. The zero-order valence-electron chi connectivity index (χ0n) is 9.90. The summed E-state index contributed by atoms with van der Waals surface area (Å²) >= 11 is 5.81. The average Bonchev–Trinajstić information content (AvgIpc) is 2.96. The van der Waals surface area contributed by atoms with Gasteiger partial charge in [-0.2, -0.15) is 0 Å². The molecule has 1 amide bonds. The maximum Gasteiger partial charge on any atom is 0.223 e. The normalized spacial score (nSPS) is 19.9. The molecule has 4 nitrogen and oxygen atoms in total. The van der Waals surface area contributed by atoms with Gasteiger partial charge in [-0.05, 0) is 23.6 Å². The summed E-state index contributed by atoms with van der Waals surface area (Å²) in [4.78, 5) is 21.0. The molecule has 3 heterocycles. The quantitative estimate of drug-likeness (QED) is 0.863. The number of amides is 1. The van der Waals surface area contributed by atoms with Crippen molar-refractivity contribution in [2.45, 2.75) is 13.0 Å². The van der Waals surface area contributed by atoms with Crippen LogP contribution >= 0.6 is 11.6 Å². The number of H-pyrrole nitrogens is 1. The van der Waals surface area contributed by atoms with Gasteiger partial charge >= 0.3 is 0 Å². The van der Waals surface area contributed by atoms with Crippen LogP contribution in [-0.2, 0) is 11.3 Å². The van der Waals surface area contributed by atoms with E-state index in [0.29, 0.717) is 24.8 Å². The van der Waals surface area contributed by atoms with Crippen molar-refractivity contribution in [2.75, 3.05) is 12.4 Å². The number of pyridine rings is 1. The minimum atomic E-state index is 0.190. The van der Waals surface area contributed by atoms with Gasteiger partial charge in [-0.15, -0.1) is 11.6 Å². The molecule has 1 atom stereocenters. The molecular weight excluding hydrogens is 250 g/mol. The first kappa shape index (κ1) is 11.5. The molecule has 2 aromatic heterocycles. The molecule has 3 rings (SSSR count). The van der Waals surface area contributed by atoms with Crippen molar-refractivity contribution in [1.29, 1.82) is 0 Å². The van der Waals surface area contributed by atoms with Crippen molar-refractivity contribution in [2.24, 2.45) is 5.92 Å². The first-order valence-electron chi connectivity index (χ1n) is 6.02. The molecule has 1 aliphatic rings. The molecule has 0 saturated carbocycles. The standard InChI is InChI=1S/C13H14ClN3O/c14-5-9-4-12(18)17(7-9)8-10-3-11-1-2-15-13(11)16-6-10/h1-3,6,9H,4-5,7-8H2,(H,15,16). The first-order chi connectivity index (χ1) is 8.76. The van der Waals surface area contributed by atoms with Crippen molar-refractivity contribution < 1.29 is 4.79 Å². The minimum Gasteiger partial charge on any atom is -0.346 e. The highest BCUT2D eigenvalue weighted by molar-refractivity contribution is 6.18. The van der Waals surface area contributed by atoms with Crippen LogP contribution in [0.15, 0.2) is 24.5 Å². The Labute approximate surface area is 110 Å². The van der Waals surface area contributed by atoms with Crippen LogP contribution in [0.4, 0.5) is 0 Å². The van der Waals surface area contributed by atoms with Crippen LogP contribution in [0.3, 0.4) is 0 Å². The fourth-order valence-corrected chi connectivity index (χ4v) is 2.61. The second-order valence-corrected chi connectivity index (χ2v) is 5.07. The zero-order valence-corrected chi connectivity index (χ0v) is 10.7. The summed E-state index contributed by atoms with van der Waals surface area (Å²) in [5.74, 6) is 1.04. The summed E-state index contributed by atoms with van der Waals surface area (Å²) in [6.07, 6.45) is 4.26. The number of carbonyl (C=O) groups is 1. The molecule has 0 aromatic carbocycles. The maximum atomic E-state index is 11.8. The Morgan fingerprint density at radius 1 is 1.56 bits per heavy atom. The van der Waals surface area contributed by atoms with Crippen molar-refractivity contribution in [1.82, 2.24) is 14.9 Å². The van der Waals surface area contributed by atoms with Crippen LogP contribution in [0, 0.1) is 5.92 Å². The first-order valence-corrected chi connectivity index (χ1v) is 6.55. The largest absolute Gasteiger partial charge is 0.346 e. The van der Waals surface area contributed by atoms with E-state index in [-0.39, 0.29) is 5.91 Å². The van der Waals surface area contributed by atoms with Crippen LogP contribution < -0.4 is 0 Å². The van der Waals surface area contributed by atoms with Crippen LogP contribution in [0.1, 0.15) is 12.0 Å². The number of hydrogen-bond donors (Lipinski definition) is 1. The molecule has 0 spiro atoms. The van der Waals surface area contributed by atoms with E-state index in [0.717, 1.165) is 23.1 Å². The Balaban J connectivity index is 1.77. The van der Waals surface area contributed by atoms with E-state index in [1.165, 1.54) is 0 Å². The Hall–Kier alpha value is -1.55. The predicted octanol–water partition coefficient (Wildman–Crippen LogP) is 2.15. The van der Waals surface area contributed by atoms with E-state index in [9.17, 15) is 4.79 Å². The van der Waals surface area contributed by atoms with Crippen LogP contribution in [0.25, 0.3) is 11.0 Å². The smallest absolute Gasteiger partial charge is 0.223 e. The number of rotatable bonds is 3. The molecule has 1 unspecified atom stereocenters. The maximum absolute atomic E-state index is 11.8. The second-order valence-electron chi connectivity index (χ2n) is 4.76. The van der Waals surface area contributed by atoms with E-state index in [1.807, 2.05) is 23.4 Å². The van der Waals surface area contributed by atoms with Gasteiger partial charge in [-0.25, -0.2) is 4.98 Å². The third-order valence-corrected chi connectivity index (χ3v) is 3.78. The number of nitrogens with zero attached hydrogens (tertiary/aromatic N) is 2. The van der Waals surface area contributed by atoms with Gasteiger partial charge in [0.15, 0.2) is 0 Å². The molecule has 1 fully saturated rings. The third kappa shape index (κ3) is 2.08. The average molecular weight is 264 g/mol. The number of alkyl halides is 1. The van der Waals surface area contributed by atoms with Gasteiger partial charge in [0, 0.05) is 43.2 Å². The summed E-state index contributed by atoms with van der Waals surface area (Å²) < 4.78 is 0. The summed E-state index contributed by atoms with van der Waals surface area (Å²) in [6, 6.07) is 4.05. The van der Waals surface area contributed by atoms with Gasteiger partial charge in [0.2, 0.25) is 5.91 Å². The molecule has 0 aliphatic carbocycles. The monoisotopic (exact) mass is 263 g/mol. The number of halogens is 1. The molecule has 1 aliphatic heterocycles. The molecule has 2 aromatic rings. The second kappa shape index (κ2) is 4.61. The van der Waals surface area contributed by atoms with Crippen LogP contribution in [-0.4, -0.2) is 33.2 Å². The SMILES string of the molecule is O=C1CC(CCl)CN1Cc1cnc2[nH]ccc2c1. The minimum absolute atomic E-state index is 0.190. The van der Waals surface area contributed by atoms with Gasteiger partial charge < -0.3 is 9.88 Å². The Bertz CT molecular complexity index is 580. The van der Waals surface area contributed by atoms with E-state index < -0.39 is 0 Å². The molecule has 94 valence electrons. The van der Waals surface area contributed by atoms with E-state index in [1.54, 1.807) is 0 Å².